The molecule has 0 saturated carbocycles. The summed E-state index contributed by atoms with van der Waals surface area (Å²) in [6.45, 7) is 8.25. The number of ether oxygens (including phenoxy) is 1. The lowest BCUT2D eigenvalue weighted by Crippen LogP contribution is -2.30. The van der Waals surface area contributed by atoms with Crippen molar-refractivity contribution < 1.29 is 18.9 Å². The topological polar surface area (TPSA) is 136 Å². The Morgan fingerprint density at radius 3 is 2.58 bits per heavy atom. The fraction of sp³-hybridized carbons (Fsp3) is 0.364. The summed E-state index contributed by atoms with van der Waals surface area (Å²) in [4.78, 5) is 40.8. The average molecular weight is 423 g/mol. The van der Waals surface area contributed by atoms with Crippen molar-refractivity contribution in [3.8, 4) is 6.07 Å². The first-order valence-corrected chi connectivity index (χ1v) is 9.65. The molecule has 160 valence electrons. The van der Waals surface area contributed by atoms with Crippen LogP contribution < -0.4 is 5.43 Å². The monoisotopic (exact) mass is 423 g/mol. The van der Waals surface area contributed by atoms with Gasteiger partial charge in [0.2, 0.25) is 0 Å². The number of allylic oxidation sites excluding steroid dienone is 1. The Morgan fingerprint density at radius 1 is 1.32 bits per heavy atom. The van der Waals surface area contributed by atoms with Gasteiger partial charge in [-0.15, -0.1) is 0 Å². The van der Waals surface area contributed by atoms with Gasteiger partial charge in [0.05, 0.1) is 28.6 Å². The molecule has 31 heavy (non-hydrogen) atoms. The summed E-state index contributed by atoms with van der Waals surface area (Å²) in [6.07, 6.45) is -0.408. The Morgan fingerprint density at radius 2 is 2.00 bits per heavy atom. The number of nitriles is 1. The van der Waals surface area contributed by atoms with Crippen molar-refractivity contribution in [1.82, 2.24) is 0 Å². The second kappa shape index (κ2) is 8.14. The Bertz CT molecular complexity index is 1260. The van der Waals surface area contributed by atoms with Crippen molar-refractivity contribution in [3.05, 3.63) is 61.1 Å². The van der Waals surface area contributed by atoms with Crippen molar-refractivity contribution in [2.75, 3.05) is 0 Å². The van der Waals surface area contributed by atoms with Gasteiger partial charge in [0, 0.05) is 35.0 Å². The lowest BCUT2D eigenvalue weighted by molar-refractivity contribution is -0.383. The molecule has 0 saturated heterocycles. The molecule has 0 N–H and O–H groups in total. The van der Waals surface area contributed by atoms with E-state index in [4.69, 9.17) is 9.15 Å². The van der Waals surface area contributed by atoms with Crippen LogP contribution in [0.5, 0.6) is 0 Å². The molecule has 9 nitrogen and oxygen atoms in total. The molecule has 0 fully saturated rings. The largest absolute Gasteiger partial charge is 0.461 e. The molecule has 0 radical (unpaired) electrons. The number of nitro benzene ring substituents is 1. The van der Waals surface area contributed by atoms with Gasteiger partial charge in [-0.1, -0.05) is 0 Å². The number of benzene rings is 1. The number of hydrogen-bond acceptors (Lipinski definition) is 8. The quantitative estimate of drug-likeness (QED) is 0.413. The number of aryl methyl sites for hydroxylation is 1. The van der Waals surface area contributed by atoms with Gasteiger partial charge in [-0.3, -0.25) is 19.9 Å². The van der Waals surface area contributed by atoms with Crippen LogP contribution in [0.25, 0.3) is 11.0 Å². The summed E-state index contributed by atoms with van der Waals surface area (Å²) in [5, 5.41) is 21.2. The van der Waals surface area contributed by atoms with Crippen LogP contribution in [0.15, 0.2) is 43.7 Å². The highest BCUT2D eigenvalue weighted by Crippen LogP contribution is 2.43. The van der Waals surface area contributed by atoms with Crippen molar-refractivity contribution in [1.29, 1.82) is 5.26 Å². The van der Waals surface area contributed by atoms with E-state index in [9.17, 15) is 25.0 Å². The molecule has 1 aromatic heterocycles. The van der Waals surface area contributed by atoms with Crippen LogP contribution >= 0.6 is 0 Å². The van der Waals surface area contributed by atoms with Gasteiger partial charge in [0.1, 0.15) is 16.7 Å². The zero-order valence-corrected chi connectivity index (χ0v) is 17.8. The number of rotatable bonds is 4. The molecule has 2 atom stereocenters. The van der Waals surface area contributed by atoms with E-state index in [-0.39, 0.29) is 22.3 Å². The lowest BCUT2D eigenvalue weighted by atomic mass is 9.76. The number of carbonyl (C=O) groups excluding carboxylic acids is 1. The minimum atomic E-state index is -0.873. The molecule has 3 rings (SSSR count). The van der Waals surface area contributed by atoms with Crippen LogP contribution in [0, 0.1) is 34.3 Å². The van der Waals surface area contributed by atoms with E-state index < -0.39 is 39.9 Å². The molecule has 9 heteroatoms. The number of esters is 1. The third-order valence-corrected chi connectivity index (χ3v) is 5.07. The molecular weight excluding hydrogens is 402 g/mol. The molecule has 1 aliphatic rings. The Labute approximate surface area is 177 Å². The highest BCUT2D eigenvalue weighted by atomic mass is 16.6. The number of nitrogens with zero attached hydrogens (tertiary/aromatic N) is 3. The molecule has 0 spiro atoms. The fourth-order valence-electron chi connectivity index (χ4n) is 3.86. The Kier molecular flexibility index (Phi) is 5.75. The van der Waals surface area contributed by atoms with Crippen molar-refractivity contribution in [3.63, 3.8) is 0 Å². The van der Waals surface area contributed by atoms with Crippen LogP contribution in [0.1, 0.15) is 44.9 Å². The summed E-state index contributed by atoms with van der Waals surface area (Å²) in [7, 11) is 0. The molecule has 2 unspecified atom stereocenters. The maximum absolute atomic E-state index is 13.0. The van der Waals surface area contributed by atoms with Crippen LogP contribution in [0.2, 0.25) is 0 Å². The van der Waals surface area contributed by atoms with E-state index in [2.05, 4.69) is 11.1 Å². The molecular formula is C22H21N3O6. The van der Waals surface area contributed by atoms with E-state index in [0.717, 1.165) is 0 Å². The van der Waals surface area contributed by atoms with E-state index in [1.165, 1.54) is 18.2 Å². The predicted molar refractivity (Wildman–Crippen MR) is 113 cm³/mol. The van der Waals surface area contributed by atoms with E-state index in [1.54, 1.807) is 34.6 Å². The van der Waals surface area contributed by atoms with E-state index in [1.807, 2.05) is 0 Å². The van der Waals surface area contributed by atoms with Crippen LogP contribution in [-0.4, -0.2) is 22.7 Å². The Balaban J connectivity index is 2.40. The summed E-state index contributed by atoms with van der Waals surface area (Å²) in [5.74, 6) is -2.12. The number of carbonyl (C=O) groups is 1. The number of aliphatic imine (C=N–C) groups is 1. The molecule has 1 aliphatic heterocycles. The summed E-state index contributed by atoms with van der Waals surface area (Å²) in [5.41, 5.74) is 0.321. The van der Waals surface area contributed by atoms with Crippen molar-refractivity contribution in [2.45, 2.75) is 46.6 Å². The van der Waals surface area contributed by atoms with Gasteiger partial charge in [-0.05, 0) is 40.7 Å². The van der Waals surface area contributed by atoms with Gasteiger partial charge < -0.3 is 9.15 Å². The lowest BCUT2D eigenvalue weighted by Gasteiger charge is -2.29. The zero-order chi connectivity index (χ0) is 23.0. The normalized spacial score (nSPS) is 18.7. The van der Waals surface area contributed by atoms with E-state index in [0.29, 0.717) is 17.0 Å². The highest BCUT2D eigenvalue weighted by Gasteiger charge is 2.40. The Hall–Kier alpha value is -3.80. The number of non-ortho nitro benzene ring substituents is 1. The third-order valence-electron chi connectivity index (χ3n) is 5.07. The summed E-state index contributed by atoms with van der Waals surface area (Å²) in [6, 6.07) is 5.95. The minimum absolute atomic E-state index is 0.0261. The second-order valence-electron chi connectivity index (χ2n) is 7.65. The smallest absolute Gasteiger partial charge is 0.336 e. The van der Waals surface area contributed by atoms with Crippen LogP contribution in [0.3, 0.4) is 0 Å². The van der Waals surface area contributed by atoms with Crippen LogP contribution in [-0.2, 0) is 9.53 Å². The van der Waals surface area contributed by atoms with Gasteiger partial charge in [0.25, 0.3) is 5.69 Å². The van der Waals surface area contributed by atoms with Gasteiger partial charge in [-0.25, -0.2) is 4.79 Å². The second-order valence-corrected chi connectivity index (χ2v) is 7.65. The molecule has 0 amide bonds. The third kappa shape index (κ3) is 3.84. The summed E-state index contributed by atoms with van der Waals surface area (Å²) >= 11 is 0. The molecule has 1 aromatic carbocycles. The molecule has 0 aliphatic carbocycles. The maximum atomic E-state index is 13.0. The molecule has 2 aromatic rings. The van der Waals surface area contributed by atoms with Gasteiger partial charge in [0.15, 0.2) is 5.43 Å². The summed E-state index contributed by atoms with van der Waals surface area (Å²) < 4.78 is 11.1. The average Bonchev–Trinajstić information content (AvgIpc) is 2.65. The van der Waals surface area contributed by atoms with E-state index >= 15 is 0 Å². The fourth-order valence-corrected chi connectivity index (χ4v) is 3.86. The van der Waals surface area contributed by atoms with Crippen molar-refractivity contribution >= 4 is 28.3 Å². The number of hydrogen-bond donors (Lipinski definition) is 0. The van der Waals surface area contributed by atoms with Crippen LogP contribution in [0.4, 0.5) is 5.69 Å². The highest BCUT2D eigenvalue weighted by molar-refractivity contribution is 6.00. The minimum Gasteiger partial charge on any atom is -0.461 e. The van der Waals surface area contributed by atoms with Gasteiger partial charge >= 0.3 is 5.97 Å². The maximum Gasteiger partial charge on any atom is 0.336 e. The van der Waals surface area contributed by atoms with Gasteiger partial charge in [-0.2, -0.15) is 5.26 Å². The first kappa shape index (κ1) is 21.9. The predicted octanol–water partition coefficient (Wildman–Crippen LogP) is 3.93. The first-order chi connectivity index (χ1) is 14.6. The number of nitro groups is 1. The standard InChI is InChI=1S/C22H21N3O6/c1-10(2)30-22(27)18-13(5)24-12(4)15(9-23)19(18)14-6-7-16(25(28)29)20-17(26)8-11(3)31-21(14)20/h6-8,10,15,19H,1-5H3. The molecule has 0 bridgehead atoms. The first-order valence-electron chi connectivity index (χ1n) is 9.65. The molecule has 2 heterocycles. The van der Waals surface area contributed by atoms with Crippen molar-refractivity contribution in [2.24, 2.45) is 10.9 Å². The number of fused-ring (bicyclic) bond motifs is 1. The zero-order valence-electron chi connectivity index (χ0n) is 17.8. The SMILES string of the molecule is CC1=NC(C)=C(C(=O)OC(C)C)C(c2ccc([N+](=O)[O-])c3c(=O)cc(C)oc23)C1C#N.